The van der Waals surface area contributed by atoms with Gasteiger partial charge in [0, 0.05) is 28.9 Å². The number of sulfone groups is 1. The van der Waals surface area contributed by atoms with Crippen molar-refractivity contribution >= 4 is 56.2 Å². The summed E-state index contributed by atoms with van der Waals surface area (Å²) in [5.41, 5.74) is 1.63. The van der Waals surface area contributed by atoms with E-state index in [-0.39, 0.29) is 33.7 Å². The predicted octanol–water partition coefficient (Wildman–Crippen LogP) is 4.29. The molecule has 0 radical (unpaired) electrons. The Morgan fingerprint density at radius 2 is 1.58 bits per heavy atom. The van der Waals surface area contributed by atoms with Crippen molar-refractivity contribution in [3.63, 3.8) is 0 Å². The Balaban J connectivity index is 1.62. The van der Waals surface area contributed by atoms with Crippen LogP contribution >= 0.6 is 23.2 Å². The van der Waals surface area contributed by atoms with Crippen LogP contribution in [0.1, 0.15) is 11.3 Å². The molecule has 3 rings (SSSR count). The van der Waals surface area contributed by atoms with Crippen molar-refractivity contribution in [3.8, 4) is 0 Å². The Hall–Kier alpha value is -3.01. The van der Waals surface area contributed by atoms with Crippen molar-refractivity contribution in [3.05, 3.63) is 81.8 Å². The highest BCUT2D eigenvalue weighted by Gasteiger charge is 2.14. The van der Waals surface area contributed by atoms with E-state index < -0.39 is 21.6 Å². The van der Waals surface area contributed by atoms with Crippen LogP contribution in [0.2, 0.25) is 10.0 Å². The lowest BCUT2D eigenvalue weighted by Gasteiger charge is -2.09. The SMILES string of the molecule is CS(=O)(=O)c1ccc(NC(=O)Cc2cc(NC(=O)Cc3ccc(F)cc3Cl)ccn2)cc1Cl. The van der Waals surface area contributed by atoms with Gasteiger partial charge in [0.1, 0.15) is 5.82 Å². The van der Waals surface area contributed by atoms with Gasteiger partial charge in [-0.15, -0.1) is 0 Å². The van der Waals surface area contributed by atoms with E-state index in [1.807, 2.05) is 0 Å². The molecule has 33 heavy (non-hydrogen) atoms. The van der Waals surface area contributed by atoms with Gasteiger partial charge in [0.2, 0.25) is 11.8 Å². The van der Waals surface area contributed by atoms with Crippen molar-refractivity contribution in [2.45, 2.75) is 17.7 Å². The van der Waals surface area contributed by atoms with Gasteiger partial charge in [-0.3, -0.25) is 14.6 Å². The molecule has 0 aliphatic carbocycles. The summed E-state index contributed by atoms with van der Waals surface area (Å²) in [6.07, 6.45) is 2.33. The van der Waals surface area contributed by atoms with Gasteiger partial charge in [0.25, 0.3) is 0 Å². The summed E-state index contributed by atoms with van der Waals surface area (Å²) in [6, 6.07) is 11.0. The van der Waals surface area contributed by atoms with E-state index in [0.717, 1.165) is 12.3 Å². The highest BCUT2D eigenvalue weighted by molar-refractivity contribution is 7.90. The second-order valence-electron chi connectivity index (χ2n) is 7.14. The topological polar surface area (TPSA) is 105 Å². The third-order valence-electron chi connectivity index (χ3n) is 4.42. The van der Waals surface area contributed by atoms with E-state index in [2.05, 4.69) is 15.6 Å². The fourth-order valence-electron chi connectivity index (χ4n) is 2.94. The molecule has 1 aromatic heterocycles. The van der Waals surface area contributed by atoms with E-state index in [1.165, 1.54) is 36.5 Å². The molecule has 2 amide bonds. The normalized spacial score (nSPS) is 11.2. The summed E-state index contributed by atoms with van der Waals surface area (Å²) in [7, 11) is -3.48. The molecule has 0 bridgehead atoms. The number of anilines is 2. The van der Waals surface area contributed by atoms with Crippen molar-refractivity contribution in [1.82, 2.24) is 4.98 Å². The van der Waals surface area contributed by atoms with Crippen LogP contribution in [0.3, 0.4) is 0 Å². The van der Waals surface area contributed by atoms with Crippen LogP contribution in [0, 0.1) is 5.82 Å². The summed E-state index contributed by atoms with van der Waals surface area (Å²) < 4.78 is 36.4. The third-order valence-corrected chi connectivity index (χ3v) is 6.35. The minimum absolute atomic E-state index is 0.000562. The summed E-state index contributed by atoms with van der Waals surface area (Å²) in [5, 5.41) is 5.46. The quantitative estimate of drug-likeness (QED) is 0.494. The Bertz CT molecular complexity index is 1330. The van der Waals surface area contributed by atoms with Crippen LogP contribution in [0.5, 0.6) is 0 Å². The minimum atomic E-state index is -3.48. The average molecular weight is 510 g/mol. The zero-order valence-corrected chi connectivity index (χ0v) is 19.6. The lowest BCUT2D eigenvalue weighted by Crippen LogP contribution is -2.17. The number of aromatic nitrogens is 1. The molecule has 0 saturated carbocycles. The first-order chi connectivity index (χ1) is 15.5. The number of benzene rings is 2. The highest BCUT2D eigenvalue weighted by atomic mass is 35.5. The molecular weight excluding hydrogens is 492 g/mol. The standard InChI is InChI=1S/C22H18Cl2FN3O4S/c1-33(31,32)20-5-4-15(11-19(20)24)27-22(30)12-17-10-16(6-7-26-17)28-21(29)8-13-2-3-14(25)9-18(13)23/h2-7,9-11H,8,12H2,1H3,(H,27,30)(H,26,28,29). The molecular formula is C22H18Cl2FN3O4S. The predicted molar refractivity (Wildman–Crippen MR) is 125 cm³/mol. The van der Waals surface area contributed by atoms with E-state index in [9.17, 15) is 22.4 Å². The van der Waals surface area contributed by atoms with E-state index in [4.69, 9.17) is 23.2 Å². The van der Waals surface area contributed by atoms with Crippen molar-refractivity contribution in [2.75, 3.05) is 16.9 Å². The van der Waals surface area contributed by atoms with Crippen LogP contribution in [0.4, 0.5) is 15.8 Å². The number of carbonyl (C=O) groups excluding carboxylic acids is 2. The number of hydrogen-bond donors (Lipinski definition) is 2. The molecule has 0 unspecified atom stereocenters. The van der Waals surface area contributed by atoms with Gasteiger partial charge >= 0.3 is 0 Å². The van der Waals surface area contributed by atoms with E-state index in [1.54, 1.807) is 12.1 Å². The van der Waals surface area contributed by atoms with Crippen LogP contribution in [0.25, 0.3) is 0 Å². The molecule has 0 aliphatic rings. The highest BCUT2D eigenvalue weighted by Crippen LogP contribution is 2.25. The summed E-state index contributed by atoms with van der Waals surface area (Å²) in [4.78, 5) is 28.8. The fourth-order valence-corrected chi connectivity index (χ4v) is 4.51. The molecule has 0 spiro atoms. The molecule has 2 aromatic carbocycles. The number of rotatable bonds is 7. The monoisotopic (exact) mass is 509 g/mol. The van der Waals surface area contributed by atoms with Crippen LogP contribution < -0.4 is 10.6 Å². The Labute approximate surface area is 199 Å². The Morgan fingerprint density at radius 1 is 0.909 bits per heavy atom. The number of pyridine rings is 1. The molecule has 0 fully saturated rings. The number of nitrogens with one attached hydrogen (secondary N) is 2. The zero-order chi connectivity index (χ0) is 24.2. The van der Waals surface area contributed by atoms with Gasteiger partial charge in [-0.25, -0.2) is 12.8 Å². The maximum Gasteiger partial charge on any atom is 0.230 e. The van der Waals surface area contributed by atoms with Crippen LogP contribution in [0.15, 0.2) is 59.6 Å². The third kappa shape index (κ3) is 6.98. The second-order valence-corrected chi connectivity index (χ2v) is 9.94. The maximum absolute atomic E-state index is 13.1. The molecule has 0 atom stereocenters. The molecule has 0 saturated heterocycles. The second kappa shape index (κ2) is 10.3. The molecule has 1 heterocycles. The lowest BCUT2D eigenvalue weighted by atomic mass is 10.1. The number of carbonyl (C=O) groups is 2. The fraction of sp³-hybridized carbons (Fsp3) is 0.136. The first-order valence-electron chi connectivity index (χ1n) is 9.49. The molecule has 3 aromatic rings. The zero-order valence-electron chi connectivity index (χ0n) is 17.2. The summed E-state index contributed by atoms with van der Waals surface area (Å²) in [5.74, 6) is -1.27. The summed E-state index contributed by atoms with van der Waals surface area (Å²) in [6.45, 7) is 0. The number of amides is 2. The molecule has 0 aliphatic heterocycles. The van der Waals surface area contributed by atoms with Crippen LogP contribution in [-0.2, 0) is 32.3 Å². The van der Waals surface area contributed by atoms with Gasteiger partial charge in [-0.05, 0) is 48.0 Å². The van der Waals surface area contributed by atoms with Gasteiger partial charge < -0.3 is 10.6 Å². The van der Waals surface area contributed by atoms with Crippen LogP contribution in [-0.4, -0.2) is 31.5 Å². The van der Waals surface area contributed by atoms with E-state index >= 15 is 0 Å². The lowest BCUT2D eigenvalue weighted by molar-refractivity contribution is -0.116. The molecule has 7 nitrogen and oxygen atoms in total. The Kier molecular flexibility index (Phi) is 7.68. The van der Waals surface area contributed by atoms with Crippen molar-refractivity contribution in [1.29, 1.82) is 0 Å². The number of nitrogens with zero attached hydrogens (tertiary/aromatic N) is 1. The smallest absolute Gasteiger partial charge is 0.230 e. The van der Waals surface area contributed by atoms with Crippen molar-refractivity contribution < 1.29 is 22.4 Å². The largest absolute Gasteiger partial charge is 0.326 e. The Morgan fingerprint density at radius 3 is 2.21 bits per heavy atom. The van der Waals surface area contributed by atoms with Gasteiger partial charge in [0.05, 0.1) is 28.5 Å². The maximum atomic E-state index is 13.1. The number of halogens is 3. The first kappa shape index (κ1) is 24.6. The van der Waals surface area contributed by atoms with Gasteiger partial charge in [0.15, 0.2) is 9.84 Å². The van der Waals surface area contributed by atoms with Crippen molar-refractivity contribution in [2.24, 2.45) is 0 Å². The minimum Gasteiger partial charge on any atom is -0.326 e. The molecule has 172 valence electrons. The summed E-state index contributed by atoms with van der Waals surface area (Å²) >= 11 is 11.9. The van der Waals surface area contributed by atoms with Gasteiger partial charge in [-0.2, -0.15) is 0 Å². The first-order valence-corrected chi connectivity index (χ1v) is 12.1. The number of hydrogen-bond acceptors (Lipinski definition) is 5. The van der Waals surface area contributed by atoms with Gasteiger partial charge in [-0.1, -0.05) is 29.3 Å². The average Bonchev–Trinajstić information content (AvgIpc) is 2.69. The van der Waals surface area contributed by atoms with E-state index in [0.29, 0.717) is 22.6 Å². The molecule has 11 heteroatoms. The molecule has 2 N–H and O–H groups in total.